The first-order chi connectivity index (χ1) is 6.77. The van der Waals surface area contributed by atoms with Gasteiger partial charge in [0.05, 0.1) is 12.9 Å². The van der Waals surface area contributed by atoms with E-state index >= 15 is 0 Å². The van der Waals surface area contributed by atoms with Crippen LogP contribution in [0.4, 0.5) is 0 Å². The molecule has 4 N–H and O–H groups in total. The van der Waals surface area contributed by atoms with E-state index in [1.807, 2.05) is 7.05 Å². The highest BCUT2D eigenvalue weighted by Crippen LogP contribution is 1.71. The van der Waals surface area contributed by atoms with Crippen LogP contribution in [0.25, 0.3) is 0 Å². The number of rotatable bonds is 8. The van der Waals surface area contributed by atoms with Crippen molar-refractivity contribution in [2.24, 2.45) is 15.7 Å². The number of carbonyl (C=O) groups excluding carboxylic acids is 1. The first-order valence-electron chi connectivity index (χ1n) is 4.43. The van der Waals surface area contributed by atoms with E-state index < -0.39 is 5.91 Å². The highest BCUT2D eigenvalue weighted by atomic mass is 16.1. The number of hydrogen-bond acceptors (Lipinski definition) is 4. The molecule has 0 aromatic heterocycles. The fourth-order valence-electron chi connectivity index (χ4n) is 0.729. The van der Waals surface area contributed by atoms with Gasteiger partial charge in [0.2, 0.25) is 0 Å². The third-order valence-corrected chi connectivity index (χ3v) is 1.33. The van der Waals surface area contributed by atoms with Gasteiger partial charge in [0.1, 0.15) is 6.34 Å². The average molecular weight is 199 g/mol. The smallest absolute Gasteiger partial charge is 0.259 e. The Labute approximate surface area is 83.7 Å². The number of nitrogens with one attached hydrogen (secondary N) is 2. The molecule has 0 saturated heterocycles. The number of nitrogens with two attached hydrogens (primary N) is 1. The minimum absolute atomic E-state index is 0.500. The van der Waals surface area contributed by atoms with Crippen LogP contribution in [0.5, 0.6) is 0 Å². The van der Waals surface area contributed by atoms with E-state index in [4.69, 9.17) is 5.73 Å². The zero-order chi connectivity index (χ0) is 10.6. The molecule has 0 heterocycles. The SMILES string of the molecule is CNCCCNCN=CN=CC(N)=O. The molecule has 0 unspecified atom stereocenters. The molecule has 0 bridgehead atoms. The summed E-state index contributed by atoms with van der Waals surface area (Å²) in [7, 11) is 1.91. The Bertz CT molecular complexity index is 202. The van der Waals surface area contributed by atoms with Gasteiger partial charge in [-0.2, -0.15) is 0 Å². The lowest BCUT2D eigenvalue weighted by Gasteiger charge is -1.99. The molecule has 6 nitrogen and oxygen atoms in total. The van der Waals surface area contributed by atoms with Crippen LogP contribution in [0.3, 0.4) is 0 Å². The normalized spacial score (nSPS) is 11.5. The van der Waals surface area contributed by atoms with E-state index in [2.05, 4.69) is 20.6 Å². The molecule has 0 radical (unpaired) electrons. The van der Waals surface area contributed by atoms with Crippen molar-refractivity contribution >= 4 is 18.5 Å². The Kier molecular flexibility index (Phi) is 8.92. The molecule has 6 heteroatoms. The lowest BCUT2D eigenvalue weighted by molar-refractivity contribution is -0.111. The van der Waals surface area contributed by atoms with Gasteiger partial charge in [0, 0.05) is 0 Å². The topological polar surface area (TPSA) is 91.9 Å². The maximum absolute atomic E-state index is 10.2. The quantitative estimate of drug-likeness (QED) is 0.258. The fourth-order valence-corrected chi connectivity index (χ4v) is 0.729. The first kappa shape index (κ1) is 12.7. The number of nitrogens with zero attached hydrogens (tertiary/aromatic N) is 2. The maximum Gasteiger partial charge on any atom is 0.259 e. The van der Waals surface area contributed by atoms with Crippen LogP contribution in [0.2, 0.25) is 0 Å². The highest BCUT2D eigenvalue weighted by Gasteiger charge is 1.83. The summed E-state index contributed by atoms with van der Waals surface area (Å²) < 4.78 is 0. The minimum atomic E-state index is -0.571. The Morgan fingerprint density at radius 1 is 1.50 bits per heavy atom. The van der Waals surface area contributed by atoms with E-state index in [1.165, 1.54) is 6.34 Å². The molecular weight excluding hydrogens is 182 g/mol. The number of carbonyl (C=O) groups is 1. The Morgan fingerprint density at radius 2 is 2.29 bits per heavy atom. The average Bonchev–Trinajstić information content (AvgIpc) is 2.15. The third kappa shape index (κ3) is 10.7. The lowest BCUT2D eigenvalue weighted by atomic mass is 10.4. The molecule has 0 fully saturated rings. The van der Waals surface area contributed by atoms with E-state index in [0.717, 1.165) is 25.7 Å². The summed E-state index contributed by atoms with van der Waals surface area (Å²) in [5.41, 5.74) is 4.82. The second kappa shape index (κ2) is 9.82. The summed E-state index contributed by atoms with van der Waals surface area (Å²) in [6.45, 7) is 2.38. The Morgan fingerprint density at radius 3 is 2.93 bits per heavy atom. The predicted molar refractivity (Wildman–Crippen MR) is 57.6 cm³/mol. The van der Waals surface area contributed by atoms with Crippen LogP contribution in [0.1, 0.15) is 6.42 Å². The molecule has 0 atom stereocenters. The summed E-state index contributed by atoms with van der Waals surface area (Å²) in [5, 5.41) is 6.12. The highest BCUT2D eigenvalue weighted by molar-refractivity contribution is 6.26. The van der Waals surface area contributed by atoms with Crippen molar-refractivity contribution in [3.63, 3.8) is 0 Å². The van der Waals surface area contributed by atoms with Gasteiger partial charge in [-0.1, -0.05) is 0 Å². The molecule has 0 aromatic carbocycles. The molecule has 14 heavy (non-hydrogen) atoms. The Hall–Kier alpha value is -1.27. The number of amides is 1. The van der Waals surface area contributed by atoms with Gasteiger partial charge < -0.3 is 11.1 Å². The van der Waals surface area contributed by atoms with Gasteiger partial charge in [-0.05, 0) is 26.6 Å². The summed E-state index contributed by atoms with van der Waals surface area (Å²) in [5.74, 6) is -0.571. The van der Waals surface area contributed by atoms with Crippen molar-refractivity contribution < 1.29 is 4.79 Å². The summed E-state index contributed by atoms with van der Waals surface area (Å²) in [6.07, 6.45) is 3.37. The van der Waals surface area contributed by atoms with E-state index in [-0.39, 0.29) is 0 Å². The zero-order valence-corrected chi connectivity index (χ0v) is 8.36. The van der Waals surface area contributed by atoms with Gasteiger partial charge in [0.25, 0.3) is 5.91 Å². The molecule has 0 aliphatic rings. The van der Waals surface area contributed by atoms with Crippen LogP contribution in [0.15, 0.2) is 9.98 Å². The second-order valence-corrected chi connectivity index (χ2v) is 2.59. The molecule has 0 aliphatic heterocycles. The van der Waals surface area contributed by atoms with Crippen molar-refractivity contribution in [1.29, 1.82) is 0 Å². The van der Waals surface area contributed by atoms with Gasteiger partial charge in [-0.15, -0.1) is 0 Å². The fraction of sp³-hybridized carbons (Fsp3) is 0.625. The van der Waals surface area contributed by atoms with Crippen LogP contribution in [0, 0.1) is 0 Å². The predicted octanol–water partition coefficient (Wildman–Crippen LogP) is -1.27. The van der Waals surface area contributed by atoms with Crippen LogP contribution in [-0.2, 0) is 4.79 Å². The molecule has 0 saturated carbocycles. The van der Waals surface area contributed by atoms with Gasteiger partial charge in [0.15, 0.2) is 0 Å². The van der Waals surface area contributed by atoms with Crippen molar-refractivity contribution in [2.45, 2.75) is 6.42 Å². The summed E-state index contributed by atoms with van der Waals surface area (Å²) >= 11 is 0. The van der Waals surface area contributed by atoms with Crippen molar-refractivity contribution in [3.8, 4) is 0 Å². The van der Waals surface area contributed by atoms with Crippen LogP contribution < -0.4 is 16.4 Å². The monoisotopic (exact) mass is 199 g/mol. The molecule has 80 valence electrons. The van der Waals surface area contributed by atoms with Gasteiger partial charge in [-0.25, -0.2) is 4.99 Å². The van der Waals surface area contributed by atoms with Crippen molar-refractivity contribution in [3.05, 3.63) is 0 Å². The van der Waals surface area contributed by atoms with Crippen molar-refractivity contribution in [2.75, 3.05) is 26.8 Å². The van der Waals surface area contributed by atoms with Gasteiger partial charge >= 0.3 is 0 Å². The van der Waals surface area contributed by atoms with Crippen molar-refractivity contribution in [1.82, 2.24) is 10.6 Å². The summed E-state index contributed by atoms with van der Waals surface area (Å²) in [4.78, 5) is 17.6. The molecule has 0 spiro atoms. The number of aliphatic imine (C=N–C) groups is 2. The largest absolute Gasteiger partial charge is 0.365 e. The van der Waals surface area contributed by atoms with Gasteiger partial charge in [-0.3, -0.25) is 15.1 Å². The third-order valence-electron chi connectivity index (χ3n) is 1.33. The minimum Gasteiger partial charge on any atom is -0.365 e. The molecule has 0 rings (SSSR count). The second-order valence-electron chi connectivity index (χ2n) is 2.59. The van der Waals surface area contributed by atoms with E-state index in [1.54, 1.807) is 0 Å². The first-order valence-corrected chi connectivity index (χ1v) is 4.43. The lowest BCUT2D eigenvalue weighted by Crippen LogP contribution is -2.19. The van der Waals surface area contributed by atoms with Crippen LogP contribution >= 0.6 is 0 Å². The van der Waals surface area contributed by atoms with Crippen LogP contribution in [-0.4, -0.2) is 45.3 Å². The van der Waals surface area contributed by atoms with E-state index in [9.17, 15) is 4.79 Å². The molecule has 1 amide bonds. The maximum atomic E-state index is 10.2. The summed E-state index contributed by atoms with van der Waals surface area (Å²) in [6, 6.07) is 0. The standard InChI is InChI=1S/C8H17N5O/c1-10-3-2-4-11-6-13-7-12-5-8(9)14/h5,7,10-11H,2-4,6H2,1H3,(H2,9,14). The molecule has 0 aromatic rings. The zero-order valence-electron chi connectivity index (χ0n) is 8.36. The molecular formula is C8H17N5O. The number of primary amides is 1. The Balaban J connectivity index is 3.23. The molecule has 0 aliphatic carbocycles. The number of hydrogen-bond donors (Lipinski definition) is 3. The van der Waals surface area contributed by atoms with E-state index in [0.29, 0.717) is 6.67 Å².